The number of nitrogens with one attached hydrogen (secondary N) is 1. The van der Waals surface area contributed by atoms with E-state index in [0.29, 0.717) is 18.9 Å². The van der Waals surface area contributed by atoms with Crippen LogP contribution >= 0.6 is 0 Å². The number of nitrogens with zero attached hydrogens (tertiary/aromatic N) is 2. The van der Waals surface area contributed by atoms with Crippen molar-refractivity contribution in [3.05, 3.63) is 47.8 Å². The van der Waals surface area contributed by atoms with E-state index in [9.17, 15) is 4.79 Å². The number of carboxylic acids is 1. The summed E-state index contributed by atoms with van der Waals surface area (Å²) in [4.78, 5) is 11.1. The summed E-state index contributed by atoms with van der Waals surface area (Å²) in [5.74, 6) is -0.359. The van der Waals surface area contributed by atoms with Gasteiger partial charge in [0.1, 0.15) is 0 Å². The van der Waals surface area contributed by atoms with Gasteiger partial charge in [0.05, 0.1) is 11.6 Å². The van der Waals surface area contributed by atoms with Crippen molar-refractivity contribution in [2.24, 2.45) is 5.92 Å². The fourth-order valence-corrected chi connectivity index (χ4v) is 3.27. The molecule has 1 aliphatic carbocycles. The van der Waals surface area contributed by atoms with Crippen LogP contribution in [0, 0.1) is 5.92 Å². The van der Waals surface area contributed by atoms with Gasteiger partial charge in [-0.2, -0.15) is 5.10 Å². The summed E-state index contributed by atoms with van der Waals surface area (Å²) < 4.78 is 2.02. The number of carbonyl (C=O) groups is 1. The summed E-state index contributed by atoms with van der Waals surface area (Å²) in [5, 5.41) is 16.9. The Balaban J connectivity index is 1.61. The average molecular weight is 297 g/mol. The van der Waals surface area contributed by atoms with Gasteiger partial charge in [-0.1, -0.05) is 12.1 Å². The molecule has 1 aromatic heterocycles. The van der Waals surface area contributed by atoms with Crippen molar-refractivity contribution in [2.45, 2.75) is 31.2 Å². The topological polar surface area (TPSA) is 67.2 Å². The van der Waals surface area contributed by atoms with Crippen molar-refractivity contribution in [2.75, 3.05) is 6.54 Å². The van der Waals surface area contributed by atoms with E-state index >= 15 is 0 Å². The van der Waals surface area contributed by atoms with Gasteiger partial charge in [-0.25, -0.2) is 4.68 Å². The van der Waals surface area contributed by atoms with Crippen LogP contribution in [0.3, 0.4) is 0 Å². The minimum Gasteiger partial charge on any atom is -0.481 e. The predicted octanol–water partition coefficient (Wildman–Crippen LogP) is 2.48. The zero-order chi connectivity index (χ0) is 15.1. The second-order valence-electron chi connectivity index (χ2n) is 6.27. The molecule has 5 heteroatoms. The van der Waals surface area contributed by atoms with Crippen LogP contribution in [0.15, 0.2) is 36.5 Å². The molecule has 1 saturated carbocycles. The quantitative estimate of drug-likeness (QED) is 0.910. The van der Waals surface area contributed by atoms with E-state index in [1.54, 1.807) is 0 Å². The van der Waals surface area contributed by atoms with Crippen LogP contribution in [0.4, 0.5) is 0 Å². The van der Waals surface area contributed by atoms with Crippen LogP contribution in [-0.4, -0.2) is 27.4 Å². The zero-order valence-electron chi connectivity index (χ0n) is 12.3. The standard InChI is InChI=1S/C17H19N3O2/c21-17(22)13-9-15(18-10-13)12-2-1-3-14(8-12)20-16(6-7-19-20)11-4-5-11/h1-3,6-8,11,13,15,18H,4-5,9-10H2,(H,21,22). The summed E-state index contributed by atoms with van der Waals surface area (Å²) in [5.41, 5.74) is 3.48. The monoisotopic (exact) mass is 297 g/mol. The zero-order valence-corrected chi connectivity index (χ0v) is 12.3. The van der Waals surface area contributed by atoms with Crippen molar-refractivity contribution in [1.29, 1.82) is 0 Å². The summed E-state index contributed by atoms with van der Waals surface area (Å²) >= 11 is 0. The molecule has 2 fully saturated rings. The van der Waals surface area contributed by atoms with Gasteiger partial charge in [-0.05, 0) is 43.0 Å². The maximum atomic E-state index is 11.1. The number of carboxylic acid groups (broad SMARTS) is 1. The first-order chi connectivity index (χ1) is 10.7. The Kier molecular flexibility index (Phi) is 3.22. The fraction of sp³-hybridized carbons (Fsp3) is 0.412. The molecule has 0 amide bonds. The van der Waals surface area contributed by atoms with Gasteiger partial charge < -0.3 is 10.4 Å². The van der Waals surface area contributed by atoms with Crippen molar-refractivity contribution >= 4 is 5.97 Å². The Morgan fingerprint density at radius 2 is 2.18 bits per heavy atom. The molecule has 1 saturated heterocycles. The third-order valence-electron chi connectivity index (χ3n) is 4.66. The van der Waals surface area contributed by atoms with Gasteiger partial charge in [0.2, 0.25) is 0 Å². The highest BCUT2D eigenvalue weighted by Gasteiger charge is 2.31. The lowest BCUT2D eigenvalue weighted by Gasteiger charge is -2.13. The highest BCUT2D eigenvalue weighted by molar-refractivity contribution is 5.70. The Bertz CT molecular complexity index is 705. The molecule has 1 aromatic carbocycles. The maximum absolute atomic E-state index is 11.1. The first-order valence-corrected chi connectivity index (χ1v) is 7.83. The van der Waals surface area contributed by atoms with E-state index in [2.05, 4.69) is 34.7 Å². The van der Waals surface area contributed by atoms with Gasteiger partial charge in [0, 0.05) is 30.4 Å². The van der Waals surface area contributed by atoms with Crippen LogP contribution in [0.2, 0.25) is 0 Å². The van der Waals surface area contributed by atoms with Crippen LogP contribution in [0.1, 0.15) is 42.5 Å². The average Bonchev–Trinajstić information content (AvgIpc) is 3.06. The molecule has 114 valence electrons. The minimum absolute atomic E-state index is 0.112. The van der Waals surface area contributed by atoms with Crippen molar-refractivity contribution in [1.82, 2.24) is 15.1 Å². The molecule has 2 N–H and O–H groups in total. The van der Waals surface area contributed by atoms with Crippen molar-refractivity contribution < 1.29 is 9.90 Å². The summed E-state index contributed by atoms with van der Waals surface area (Å²) in [6.45, 7) is 0.541. The van der Waals surface area contributed by atoms with Crippen molar-refractivity contribution in [3.63, 3.8) is 0 Å². The SMILES string of the molecule is O=C(O)C1CNC(c2cccc(-n3nccc3C3CC3)c2)C1. The van der Waals surface area contributed by atoms with Crippen LogP contribution < -0.4 is 5.32 Å². The molecule has 22 heavy (non-hydrogen) atoms. The second-order valence-corrected chi connectivity index (χ2v) is 6.27. The molecule has 2 aliphatic rings. The van der Waals surface area contributed by atoms with E-state index < -0.39 is 5.97 Å². The molecule has 0 bridgehead atoms. The summed E-state index contributed by atoms with van der Waals surface area (Å²) in [7, 11) is 0. The Morgan fingerprint density at radius 3 is 2.91 bits per heavy atom. The molecule has 4 rings (SSSR count). The largest absolute Gasteiger partial charge is 0.481 e. The third kappa shape index (κ3) is 2.41. The number of aliphatic carboxylic acids is 1. The van der Waals surface area contributed by atoms with Crippen molar-refractivity contribution in [3.8, 4) is 5.69 Å². The molecule has 1 aliphatic heterocycles. The summed E-state index contributed by atoms with van der Waals surface area (Å²) in [6, 6.07) is 10.5. The van der Waals surface area contributed by atoms with Gasteiger partial charge >= 0.3 is 5.97 Å². The van der Waals surface area contributed by atoms with Gasteiger partial charge in [-0.15, -0.1) is 0 Å². The van der Waals surface area contributed by atoms with Crippen LogP contribution in [0.5, 0.6) is 0 Å². The third-order valence-corrected chi connectivity index (χ3v) is 4.66. The molecule has 2 unspecified atom stereocenters. The molecule has 0 radical (unpaired) electrons. The Hall–Kier alpha value is -2.14. The van der Waals surface area contributed by atoms with E-state index in [-0.39, 0.29) is 12.0 Å². The maximum Gasteiger partial charge on any atom is 0.307 e. The van der Waals surface area contributed by atoms with E-state index in [1.807, 2.05) is 16.9 Å². The first-order valence-electron chi connectivity index (χ1n) is 7.83. The number of aromatic nitrogens is 2. The molecule has 0 spiro atoms. The normalized spacial score (nSPS) is 24.5. The van der Waals surface area contributed by atoms with Gasteiger partial charge in [0.15, 0.2) is 0 Å². The van der Waals surface area contributed by atoms with Gasteiger partial charge in [0.25, 0.3) is 0 Å². The lowest BCUT2D eigenvalue weighted by molar-refractivity contribution is -0.141. The molecule has 2 atom stereocenters. The number of hydrogen-bond donors (Lipinski definition) is 2. The Morgan fingerprint density at radius 1 is 1.32 bits per heavy atom. The molecule has 2 heterocycles. The molecular weight excluding hydrogens is 278 g/mol. The number of hydrogen-bond acceptors (Lipinski definition) is 3. The van der Waals surface area contributed by atoms with Crippen LogP contribution in [-0.2, 0) is 4.79 Å². The Labute approximate surface area is 129 Å². The lowest BCUT2D eigenvalue weighted by Crippen LogP contribution is -2.17. The van der Waals surface area contributed by atoms with E-state index in [4.69, 9.17) is 5.11 Å². The van der Waals surface area contributed by atoms with E-state index in [0.717, 1.165) is 11.3 Å². The summed E-state index contributed by atoms with van der Waals surface area (Å²) in [6.07, 6.45) is 4.99. The first kappa shape index (κ1) is 13.5. The lowest BCUT2D eigenvalue weighted by atomic mass is 10.00. The highest BCUT2D eigenvalue weighted by Crippen LogP contribution is 2.40. The second kappa shape index (κ2) is 5.25. The minimum atomic E-state index is -0.714. The van der Waals surface area contributed by atoms with Crippen LogP contribution in [0.25, 0.3) is 5.69 Å². The molecule has 5 nitrogen and oxygen atoms in total. The number of benzene rings is 1. The molecule has 2 aromatic rings. The van der Waals surface area contributed by atoms with E-state index in [1.165, 1.54) is 18.5 Å². The fourth-order valence-electron chi connectivity index (χ4n) is 3.27. The van der Waals surface area contributed by atoms with Gasteiger partial charge in [-0.3, -0.25) is 4.79 Å². The number of rotatable bonds is 4. The molecular formula is C17H19N3O2. The predicted molar refractivity (Wildman–Crippen MR) is 82.0 cm³/mol. The highest BCUT2D eigenvalue weighted by atomic mass is 16.4. The smallest absolute Gasteiger partial charge is 0.307 e.